The first-order chi connectivity index (χ1) is 28.3. The van der Waals surface area contributed by atoms with Gasteiger partial charge in [-0.2, -0.15) is 11.8 Å². The normalized spacial score (nSPS) is 11.9. The van der Waals surface area contributed by atoms with Gasteiger partial charge < -0.3 is 55.5 Å². The van der Waals surface area contributed by atoms with E-state index < -0.39 is 29.9 Å². The molecule has 0 aliphatic rings. The summed E-state index contributed by atoms with van der Waals surface area (Å²) in [5, 5.41) is 37.5. The molecule has 2 atom stereocenters. The lowest BCUT2D eigenvalue weighted by Gasteiger charge is -2.14. The molecule has 340 valence electrons. The van der Waals surface area contributed by atoms with E-state index in [9.17, 15) is 43.5 Å². The first kappa shape index (κ1) is 55.2. The Bertz CT molecular complexity index is 1230. The summed E-state index contributed by atoms with van der Waals surface area (Å²) in [7, 11) is 0. The number of nitrogens with one attached hydrogen (secondary N) is 4. The van der Waals surface area contributed by atoms with E-state index in [1.54, 1.807) is 6.92 Å². The molecule has 0 heterocycles. The first-order valence-electron chi connectivity index (χ1n) is 20.5. The van der Waals surface area contributed by atoms with Gasteiger partial charge in [0.05, 0.1) is 44.7 Å². The maximum atomic E-state index is 12.2. The number of ketones is 1. The molecule has 0 aliphatic carbocycles. The summed E-state index contributed by atoms with van der Waals surface area (Å²) in [4.78, 5) is 93.1. The van der Waals surface area contributed by atoms with Crippen LogP contribution in [0.3, 0.4) is 0 Å². The van der Waals surface area contributed by atoms with Gasteiger partial charge in [-0.25, -0.2) is 4.79 Å². The minimum absolute atomic E-state index is 0.00689. The van der Waals surface area contributed by atoms with Crippen molar-refractivity contribution < 1.29 is 72.6 Å². The van der Waals surface area contributed by atoms with E-state index in [0.29, 0.717) is 31.4 Å². The smallest absolute Gasteiger partial charge is 0.326 e. The van der Waals surface area contributed by atoms with Crippen molar-refractivity contribution in [2.75, 3.05) is 84.0 Å². The molecule has 4 amide bonds. The van der Waals surface area contributed by atoms with E-state index in [2.05, 4.69) is 21.3 Å². The van der Waals surface area contributed by atoms with Crippen LogP contribution in [0.2, 0.25) is 0 Å². The Labute approximate surface area is 351 Å². The Hall–Kier alpha value is -3.85. The summed E-state index contributed by atoms with van der Waals surface area (Å²) in [5.41, 5.74) is 0. The van der Waals surface area contributed by atoms with E-state index >= 15 is 0 Å². The third kappa shape index (κ3) is 36.9. The fourth-order valence-electron chi connectivity index (χ4n) is 5.19. The molecule has 0 aromatic heterocycles. The molecule has 59 heavy (non-hydrogen) atoms. The predicted molar refractivity (Wildman–Crippen MR) is 218 cm³/mol. The van der Waals surface area contributed by atoms with Gasteiger partial charge >= 0.3 is 17.9 Å². The fraction of sp³-hybridized carbons (Fsp3) is 0.795. The minimum Gasteiger partial charge on any atom is -0.481 e. The summed E-state index contributed by atoms with van der Waals surface area (Å²) in [5.74, 6) is -4.23. The Morgan fingerprint density at radius 1 is 0.525 bits per heavy atom. The third-order valence-electron chi connectivity index (χ3n) is 8.58. The monoisotopic (exact) mass is 864 g/mol. The fourth-order valence-corrected chi connectivity index (χ4v) is 6.26. The molecule has 0 saturated carbocycles. The zero-order valence-electron chi connectivity index (χ0n) is 34.6. The highest BCUT2D eigenvalue weighted by atomic mass is 32.2. The van der Waals surface area contributed by atoms with Crippen LogP contribution in [0.4, 0.5) is 0 Å². The van der Waals surface area contributed by atoms with Crippen LogP contribution in [0.15, 0.2) is 0 Å². The molecular formula is C39H68N4O15S. The number of Topliss-reactive ketones (excluding diaryl/α,β-unsaturated/α-hetero) is 1. The van der Waals surface area contributed by atoms with Crippen molar-refractivity contribution in [2.24, 2.45) is 5.92 Å². The summed E-state index contributed by atoms with van der Waals surface area (Å²) >= 11 is 1.25. The number of amides is 4. The molecule has 19 nitrogen and oxygen atoms in total. The maximum absolute atomic E-state index is 12.2. The van der Waals surface area contributed by atoms with Gasteiger partial charge in [-0.15, -0.1) is 0 Å². The standard InChI is InChI=1S/C39H68N4O15S/c1-2-30(38(51)52)28-59-29-36(48)41-18-17-40-34(46)26-58-25-23-56-21-19-42-35(47)27-57-24-22-55-20-11-12-31(44)15-16-32(39(53)54)43-33(45)13-9-7-5-3-4-6-8-10-14-37(49)50/h30,32H,2-29H2,1H3,(H,40,46)(H,41,48)(H,42,47)(H,43,45)(H,49,50)(H,51,52)(H,53,54)/t30-,32-/m0/s1. The van der Waals surface area contributed by atoms with Gasteiger partial charge in [-0.3, -0.25) is 33.6 Å². The predicted octanol–water partition coefficient (Wildman–Crippen LogP) is 1.93. The van der Waals surface area contributed by atoms with E-state index in [-0.39, 0.29) is 140 Å². The van der Waals surface area contributed by atoms with E-state index in [1.165, 1.54) is 11.8 Å². The van der Waals surface area contributed by atoms with Crippen LogP contribution in [0.5, 0.6) is 0 Å². The first-order valence-corrected chi connectivity index (χ1v) is 21.7. The molecule has 0 aromatic carbocycles. The van der Waals surface area contributed by atoms with E-state index in [4.69, 9.17) is 29.2 Å². The lowest BCUT2D eigenvalue weighted by atomic mass is 10.0. The largest absolute Gasteiger partial charge is 0.481 e. The van der Waals surface area contributed by atoms with E-state index in [1.807, 2.05) is 0 Å². The van der Waals surface area contributed by atoms with E-state index in [0.717, 1.165) is 38.5 Å². The molecule has 0 rings (SSSR count). The second kappa shape index (κ2) is 38.4. The van der Waals surface area contributed by atoms with Crippen LogP contribution in [0.25, 0.3) is 0 Å². The van der Waals surface area contributed by atoms with Gasteiger partial charge in [0.2, 0.25) is 23.6 Å². The summed E-state index contributed by atoms with van der Waals surface area (Å²) in [6, 6.07) is -1.13. The number of hydrogen-bond donors (Lipinski definition) is 7. The molecule has 20 heteroatoms. The molecule has 0 unspecified atom stereocenters. The molecule has 7 N–H and O–H groups in total. The van der Waals surface area contributed by atoms with Crippen LogP contribution in [0.1, 0.15) is 103 Å². The highest BCUT2D eigenvalue weighted by Gasteiger charge is 2.21. The quantitative estimate of drug-likeness (QED) is 0.0432. The lowest BCUT2D eigenvalue weighted by Crippen LogP contribution is -2.41. The SMILES string of the molecule is CC[C@@H](CSCC(=O)NCCNC(=O)COCCOCCNC(=O)COCCOCCCC(=O)CC[C@H](NC(=O)CCCCCCCCCCC(=O)O)C(=O)O)C(=O)O. The second-order valence-electron chi connectivity index (χ2n) is 13.7. The molecule has 0 fully saturated rings. The summed E-state index contributed by atoms with van der Waals surface area (Å²) in [6.07, 6.45) is 8.62. The van der Waals surface area contributed by atoms with Crippen molar-refractivity contribution in [3.8, 4) is 0 Å². The Morgan fingerprint density at radius 2 is 1.05 bits per heavy atom. The van der Waals surface area contributed by atoms with Crippen LogP contribution < -0.4 is 21.3 Å². The molecule has 0 bridgehead atoms. The summed E-state index contributed by atoms with van der Waals surface area (Å²) < 4.78 is 21.3. The number of carboxylic acid groups (broad SMARTS) is 3. The topological polar surface area (TPSA) is 282 Å². The average molecular weight is 865 g/mol. The Kier molecular flexibility index (Phi) is 35.9. The Morgan fingerprint density at radius 3 is 1.61 bits per heavy atom. The van der Waals surface area contributed by atoms with Crippen LogP contribution in [-0.2, 0) is 57.3 Å². The minimum atomic E-state index is -1.19. The zero-order valence-corrected chi connectivity index (χ0v) is 35.4. The van der Waals surface area contributed by atoms with Crippen molar-refractivity contribution in [3.63, 3.8) is 0 Å². The number of unbranched alkanes of at least 4 members (excludes halogenated alkanes) is 7. The molecule has 0 aromatic rings. The van der Waals surface area contributed by atoms with Gasteiger partial charge in [-0.1, -0.05) is 45.4 Å². The van der Waals surface area contributed by atoms with Gasteiger partial charge in [0.15, 0.2) is 0 Å². The number of ether oxygens (including phenoxy) is 4. The van der Waals surface area contributed by atoms with Gasteiger partial charge in [-0.05, 0) is 32.1 Å². The van der Waals surface area contributed by atoms with Crippen molar-refractivity contribution in [3.05, 3.63) is 0 Å². The van der Waals surface area contributed by atoms with Crippen LogP contribution in [0, 0.1) is 5.92 Å². The van der Waals surface area contributed by atoms with Crippen LogP contribution >= 0.6 is 11.8 Å². The number of carbonyl (C=O) groups is 8. The number of hydrogen-bond acceptors (Lipinski definition) is 13. The third-order valence-corrected chi connectivity index (χ3v) is 9.68. The van der Waals surface area contributed by atoms with Gasteiger partial charge in [0.25, 0.3) is 0 Å². The number of thioether (sulfide) groups is 1. The van der Waals surface area contributed by atoms with Gasteiger partial charge in [0, 0.05) is 57.7 Å². The molecule has 0 aliphatic heterocycles. The number of carboxylic acids is 3. The van der Waals surface area contributed by atoms with Crippen molar-refractivity contribution >= 4 is 59.1 Å². The molecular weight excluding hydrogens is 797 g/mol. The lowest BCUT2D eigenvalue weighted by molar-refractivity contribution is -0.142. The summed E-state index contributed by atoms with van der Waals surface area (Å²) in [6.45, 7) is 3.41. The molecule has 0 radical (unpaired) electrons. The second-order valence-corrected chi connectivity index (χ2v) is 14.7. The molecule has 0 spiro atoms. The number of aliphatic carboxylic acids is 3. The highest BCUT2D eigenvalue weighted by molar-refractivity contribution is 7.99. The highest BCUT2D eigenvalue weighted by Crippen LogP contribution is 2.13. The average Bonchev–Trinajstić information content (AvgIpc) is 3.19. The van der Waals surface area contributed by atoms with Crippen molar-refractivity contribution in [1.82, 2.24) is 21.3 Å². The number of carbonyl (C=O) groups excluding carboxylic acids is 5. The maximum Gasteiger partial charge on any atom is 0.326 e. The van der Waals surface area contributed by atoms with Crippen molar-refractivity contribution in [1.29, 1.82) is 0 Å². The van der Waals surface area contributed by atoms with Gasteiger partial charge in [0.1, 0.15) is 25.0 Å². The number of rotatable bonds is 42. The molecule has 0 saturated heterocycles. The zero-order chi connectivity index (χ0) is 43.9. The Balaban J connectivity index is 3.68. The van der Waals surface area contributed by atoms with Crippen LogP contribution in [-0.4, -0.2) is 153 Å². The van der Waals surface area contributed by atoms with Crippen molar-refractivity contribution in [2.45, 2.75) is 109 Å².